The molecule has 3 N–H and O–H groups in total. The molecular formula is C19H26N2O3. The summed E-state index contributed by atoms with van der Waals surface area (Å²) in [5.41, 5.74) is 7.07. The second-order valence-electron chi connectivity index (χ2n) is 7.58. The van der Waals surface area contributed by atoms with Gasteiger partial charge in [0, 0.05) is 18.4 Å². The molecule has 1 aliphatic carbocycles. The number of primary amides is 1. The van der Waals surface area contributed by atoms with Crippen molar-refractivity contribution < 1.29 is 14.4 Å². The van der Waals surface area contributed by atoms with Crippen LogP contribution in [0.25, 0.3) is 0 Å². The van der Waals surface area contributed by atoms with Gasteiger partial charge < -0.3 is 11.1 Å². The van der Waals surface area contributed by atoms with Gasteiger partial charge in [0.05, 0.1) is 0 Å². The predicted octanol–water partition coefficient (Wildman–Crippen LogP) is 2.33. The summed E-state index contributed by atoms with van der Waals surface area (Å²) >= 11 is 0. The first-order valence-corrected chi connectivity index (χ1v) is 8.41. The molecule has 24 heavy (non-hydrogen) atoms. The van der Waals surface area contributed by atoms with E-state index in [-0.39, 0.29) is 23.0 Å². The zero-order valence-electron chi connectivity index (χ0n) is 14.6. The molecular weight excluding hydrogens is 304 g/mol. The largest absolute Gasteiger partial charge is 0.368 e. The van der Waals surface area contributed by atoms with Crippen molar-refractivity contribution in [2.45, 2.75) is 57.9 Å². The van der Waals surface area contributed by atoms with Crippen LogP contribution in [0.3, 0.4) is 0 Å². The normalized spacial score (nSPS) is 19.6. The highest BCUT2D eigenvalue weighted by molar-refractivity contribution is 5.97. The molecule has 1 aliphatic rings. The van der Waals surface area contributed by atoms with Gasteiger partial charge >= 0.3 is 0 Å². The number of ketones is 1. The van der Waals surface area contributed by atoms with Gasteiger partial charge in [0.1, 0.15) is 11.8 Å². The number of Topliss-reactive ketones (excluding diaryl/α,β-unsaturated/α-hetero) is 1. The Morgan fingerprint density at radius 2 is 1.83 bits per heavy atom. The van der Waals surface area contributed by atoms with Gasteiger partial charge in [-0.3, -0.25) is 14.4 Å². The van der Waals surface area contributed by atoms with Crippen molar-refractivity contribution >= 4 is 17.6 Å². The van der Waals surface area contributed by atoms with E-state index in [1.165, 1.54) is 0 Å². The summed E-state index contributed by atoms with van der Waals surface area (Å²) in [5.74, 6) is -1.01. The van der Waals surface area contributed by atoms with Crippen LogP contribution in [0.15, 0.2) is 24.3 Å². The number of hydrogen-bond acceptors (Lipinski definition) is 3. The van der Waals surface area contributed by atoms with Crippen molar-refractivity contribution in [2.24, 2.45) is 11.7 Å². The molecule has 0 radical (unpaired) electrons. The van der Waals surface area contributed by atoms with Crippen molar-refractivity contribution in [2.75, 3.05) is 0 Å². The number of carbonyl (C=O) groups excluding carboxylic acids is 3. The van der Waals surface area contributed by atoms with Crippen LogP contribution in [0.5, 0.6) is 0 Å². The summed E-state index contributed by atoms with van der Waals surface area (Å²) in [7, 11) is 0. The molecule has 0 heterocycles. The lowest BCUT2D eigenvalue weighted by molar-refractivity contribution is -0.124. The number of nitrogens with one attached hydrogen (secondary N) is 1. The maximum absolute atomic E-state index is 12.4. The molecule has 130 valence electrons. The lowest BCUT2D eigenvalue weighted by Crippen LogP contribution is -2.50. The van der Waals surface area contributed by atoms with E-state index in [9.17, 15) is 14.4 Å². The molecule has 1 aromatic carbocycles. The molecule has 0 aliphatic heterocycles. The van der Waals surface area contributed by atoms with E-state index in [0.717, 1.165) is 18.4 Å². The zero-order valence-corrected chi connectivity index (χ0v) is 14.6. The first-order chi connectivity index (χ1) is 11.2. The fraction of sp³-hybridized carbons (Fsp3) is 0.526. The number of rotatable bonds is 4. The van der Waals surface area contributed by atoms with E-state index in [1.54, 1.807) is 12.1 Å². The molecule has 2 rings (SSSR count). The quantitative estimate of drug-likeness (QED) is 0.888. The SMILES string of the molecule is CC(C)(C)c1ccc(C(=O)N[C@@H](C(N)=O)[C@@H]2CCCC(=O)C2)cc1. The Labute approximate surface area is 143 Å². The molecule has 0 aromatic heterocycles. The maximum atomic E-state index is 12.4. The van der Waals surface area contributed by atoms with E-state index < -0.39 is 11.9 Å². The predicted molar refractivity (Wildman–Crippen MR) is 92.6 cm³/mol. The highest BCUT2D eigenvalue weighted by Crippen LogP contribution is 2.25. The third-order valence-corrected chi connectivity index (χ3v) is 4.60. The Morgan fingerprint density at radius 1 is 1.21 bits per heavy atom. The molecule has 0 spiro atoms. The van der Waals surface area contributed by atoms with Crippen LogP contribution >= 0.6 is 0 Å². The number of nitrogens with two attached hydrogens (primary N) is 1. The summed E-state index contributed by atoms with van der Waals surface area (Å²) in [6.07, 6.45) is 2.31. The van der Waals surface area contributed by atoms with E-state index in [1.807, 2.05) is 12.1 Å². The summed E-state index contributed by atoms with van der Waals surface area (Å²) in [6.45, 7) is 6.31. The van der Waals surface area contributed by atoms with Crippen molar-refractivity contribution in [3.8, 4) is 0 Å². The molecule has 2 amide bonds. The number of carbonyl (C=O) groups is 3. The molecule has 1 aromatic rings. The Balaban J connectivity index is 2.10. The Hall–Kier alpha value is -2.17. The molecule has 5 nitrogen and oxygen atoms in total. The van der Waals surface area contributed by atoms with Crippen LogP contribution in [0.1, 0.15) is 62.4 Å². The van der Waals surface area contributed by atoms with E-state index >= 15 is 0 Å². The second-order valence-corrected chi connectivity index (χ2v) is 7.58. The van der Waals surface area contributed by atoms with Crippen molar-refractivity contribution in [1.29, 1.82) is 0 Å². The Kier molecular flexibility index (Phi) is 5.42. The van der Waals surface area contributed by atoms with Crippen LogP contribution in [0, 0.1) is 5.92 Å². The number of hydrogen-bond donors (Lipinski definition) is 2. The van der Waals surface area contributed by atoms with Crippen LogP contribution in [0.2, 0.25) is 0 Å². The Bertz CT molecular complexity index is 629. The van der Waals surface area contributed by atoms with E-state index in [0.29, 0.717) is 18.4 Å². The van der Waals surface area contributed by atoms with Gasteiger partial charge in [-0.25, -0.2) is 0 Å². The van der Waals surface area contributed by atoms with Gasteiger partial charge in [-0.05, 0) is 41.9 Å². The monoisotopic (exact) mass is 330 g/mol. The lowest BCUT2D eigenvalue weighted by atomic mass is 9.82. The third kappa shape index (κ3) is 4.43. The zero-order chi connectivity index (χ0) is 17.9. The third-order valence-electron chi connectivity index (χ3n) is 4.60. The van der Waals surface area contributed by atoms with Gasteiger partial charge in [0.2, 0.25) is 5.91 Å². The van der Waals surface area contributed by atoms with Gasteiger partial charge in [-0.15, -0.1) is 0 Å². The Morgan fingerprint density at radius 3 is 2.33 bits per heavy atom. The average molecular weight is 330 g/mol. The fourth-order valence-electron chi connectivity index (χ4n) is 3.11. The van der Waals surface area contributed by atoms with Gasteiger partial charge in [-0.2, -0.15) is 0 Å². The molecule has 2 atom stereocenters. The lowest BCUT2D eigenvalue weighted by Gasteiger charge is -2.28. The summed E-state index contributed by atoms with van der Waals surface area (Å²) in [6, 6.07) is 6.53. The van der Waals surface area contributed by atoms with Crippen LogP contribution in [-0.2, 0) is 15.0 Å². The minimum Gasteiger partial charge on any atom is -0.368 e. The van der Waals surface area contributed by atoms with Crippen molar-refractivity contribution in [3.63, 3.8) is 0 Å². The maximum Gasteiger partial charge on any atom is 0.251 e. The van der Waals surface area contributed by atoms with Gasteiger partial charge in [0.25, 0.3) is 5.91 Å². The van der Waals surface area contributed by atoms with Crippen molar-refractivity contribution in [1.82, 2.24) is 5.32 Å². The standard InChI is InChI=1S/C19H26N2O3/c1-19(2,3)14-9-7-12(8-10-14)18(24)21-16(17(20)23)13-5-4-6-15(22)11-13/h7-10,13,16H,4-6,11H2,1-3H3,(H2,20,23)(H,21,24)/t13-,16-/m1/s1. The second kappa shape index (κ2) is 7.16. The minimum absolute atomic E-state index is 0.00717. The van der Waals surface area contributed by atoms with Gasteiger partial charge in [-0.1, -0.05) is 32.9 Å². The fourth-order valence-corrected chi connectivity index (χ4v) is 3.11. The first-order valence-electron chi connectivity index (χ1n) is 8.41. The summed E-state index contributed by atoms with van der Waals surface area (Å²) < 4.78 is 0. The average Bonchev–Trinajstić information content (AvgIpc) is 2.51. The molecule has 5 heteroatoms. The van der Waals surface area contributed by atoms with E-state index in [4.69, 9.17) is 5.73 Å². The summed E-state index contributed by atoms with van der Waals surface area (Å²) in [4.78, 5) is 35.8. The number of benzene rings is 1. The molecule has 0 saturated heterocycles. The van der Waals surface area contributed by atoms with Crippen LogP contribution in [-0.4, -0.2) is 23.6 Å². The first kappa shape index (κ1) is 18.2. The van der Waals surface area contributed by atoms with Crippen LogP contribution in [0.4, 0.5) is 0 Å². The minimum atomic E-state index is -0.802. The smallest absolute Gasteiger partial charge is 0.251 e. The van der Waals surface area contributed by atoms with Gasteiger partial charge in [0.15, 0.2) is 0 Å². The molecule has 0 unspecified atom stereocenters. The van der Waals surface area contributed by atoms with Crippen molar-refractivity contribution in [3.05, 3.63) is 35.4 Å². The highest BCUT2D eigenvalue weighted by atomic mass is 16.2. The molecule has 1 fully saturated rings. The highest BCUT2D eigenvalue weighted by Gasteiger charge is 2.32. The topological polar surface area (TPSA) is 89.3 Å². The molecule has 0 bridgehead atoms. The summed E-state index contributed by atoms with van der Waals surface area (Å²) in [5, 5.41) is 2.72. The molecule has 1 saturated carbocycles. The van der Waals surface area contributed by atoms with Crippen LogP contribution < -0.4 is 11.1 Å². The van der Waals surface area contributed by atoms with E-state index in [2.05, 4.69) is 26.1 Å². The number of amides is 2.